The summed E-state index contributed by atoms with van der Waals surface area (Å²) in [6.07, 6.45) is -2.51. The van der Waals surface area contributed by atoms with Gasteiger partial charge in [-0.2, -0.15) is 0 Å². The summed E-state index contributed by atoms with van der Waals surface area (Å²) < 4.78 is 89.0. The van der Waals surface area contributed by atoms with Crippen molar-refractivity contribution in [1.29, 1.82) is 0 Å². The summed E-state index contributed by atoms with van der Waals surface area (Å²) in [5.74, 6) is -14.9. The number of halogens is 2. The number of fused-ring (bicyclic) bond motifs is 7. The molecule has 674 valence electrons. The number of carbonyl (C=O) groups excluding carboxylic acids is 15. The molecule has 40 nitrogen and oxygen atoms in total. The van der Waals surface area contributed by atoms with Gasteiger partial charge < -0.3 is 94.0 Å². The molecule has 2 aromatic carbocycles. The SMILES string of the molecule is CN(CC(=O)O)C(=O)CN(C)C(=O)CN(C)C(=O)CN(C)C(=O)CN(C)C(=O)CN(C)C(=O)CN(C)C(=O)CN(C)C(=O)CN(C)C(=O)CN(C)C(=O)c1cc(N2C(=O)C=CC2=O)ccc1CCC(=O)NCCOP(=O)(O)OP(=O)([O-])OCC(=O)[C@@]12O[C@H](c3ccc(Cc4ccc(N)cc4)s3)O[C@@H]1C[C@H]1[C@@H]3C[C@H](F)C4=CC(=O)C=C[C@]4(C)[C@@]3(F)[C@@H](O)C[C@@]12C. The zero-order valence-electron chi connectivity index (χ0n) is 70.2. The number of aliphatic hydroxyl groups excluding tert-OH is 1. The van der Waals surface area contributed by atoms with Crippen LogP contribution < -0.4 is 20.8 Å². The van der Waals surface area contributed by atoms with Crippen molar-refractivity contribution < 1.29 is 137 Å². The van der Waals surface area contributed by atoms with Gasteiger partial charge in [-0.05, 0) is 104 Å². The number of phosphoric acid groups is 2. The van der Waals surface area contributed by atoms with Gasteiger partial charge in [0.25, 0.3) is 25.5 Å². The highest BCUT2D eigenvalue weighted by atomic mass is 32.1. The largest absolute Gasteiger partial charge is 0.756 e. The first kappa shape index (κ1) is 97.1. The quantitative estimate of drug-likeness (QED) is 0.0212. The van der Waals surface area contributed by atoms with Gasteiger partial charge in [0.1, 0.15) is 19.3 Å². The predicted molar refractivity (Wildman–Crippen MR) is 432 cm³/mol. The van der Waals surface area contributed by atoms with Gasteiger partial charge >= 0.3 is 13.8 Å². The highest BCUT2D eigenvalue weighted by Crippen LogP contribution is 2.73. The molecule has 1 aromatic heterocycles. The second kappa shape index (κ2) is 39.2. The Labute approximate surface area is 715 Å². The number of hydrogen-bond acceptors (Lipinski definition) is 27. The maximum absolute atomic E-state index is 18.3. The first-order chi connectivity index (χ1) is 57.8. The van der Waals surface area contributed by atoms with Crippen molar-refractivity contribution in [3.05, 3.63) is 117 Å². The van der Waals surface area contributed by atoms with E-state index in [-0.39, 0.29) is 35.2 Å². The molecule has 2 aliphatic heterocycles. The minimum atomic E-state index is -6.06. The van der Waals surface area contributed by atoms with Crippen LogP contribution in [0.15, 0.2) is 90.6 Å². The zero-order chi connectivity index (χ0) is 92.0. The Morgan fingerprint density at radius 3 is 1.60 bits per heavy atom. The van der Waals surface area contributed by atoms with E-state index in [9.17, 15) is 95.9 Å². The molecule has 6 N–H and O–H groups in total. The van der Waals surface area contributed by atoms with Crippen LogP contribution >= 0.6 is 27.0 Å². The van der Waals surface area contributed by atoms with Crippen molar-refractivity contribution in [2.75, 3.05) is 166 Å². The van der Waals surface area contributed by atoms with Crippen LogP contribution in [0.2, 0.25) is 0 Å². The molecule has 3 saturated carbocycles. The predicted octanol–water partition coefficient (Wildman–Crippen LogP) is -0.349. The molecule has 3 aromatic rings. The highest BCUT2D eigenvalue weighted by molar-refractivity contribution is 7.60. The van der Waals surface area contributed by atoms with Crippen molar-refractivity contribution in [1.82, 2.24) is 54.3 Å². The molecule has 13 amide bonds. The molecule has 45 heteroatoms. The van der Waals surface area contributed by atoms with Gasteiger partial charge in [-0.1, -0.05) is 31.2 Å². The van der Waals surface area contributed by atoms with Gasteiger partial charge in [0.05, 0.1) is 88.3 Å². The number of nitrogens with one attached hydrogen (secondary N) is 1. The van der Waals surface area contributed by atoms with Crippen molar-refractivity contribution in [2.45, 2.75) is 88.3 Å². The number of phosphoric ester groups is 2. The molecular weight excluding hydrogens is 1690 g/mol. The van der Waals surface area contributed by atoms with Crippen LogP contribution in [0.4, 0.5) is 20.2 Å². The van der Waals surface area contributed by atoms with Crippen LogP contribution in [0.25, 0.3) is 0 Å². The van der Waals surface area contributed by atoms with Gasteiger partial charge in [0, 0.05) is 135 Å². The number of rotatable bonds is 38. The average Bonchev–Trinajstić information content (AvgIpc) is 1.47. The van der Waals surface area contributed by atoms with E-state index in [4.69, 9.17) is 29.4 Å². The lowest BCUT2D eigenvalue weighted by Gasteiger charge is -2.63. The Morgan fingerprint density at radius 1 is 0.645 bits per heavy atom. The standard InChI is InChI=1S/C79H101F2N13O27P2S/c1-76-26-25-50(95)31-55(76)56(80)32-54-53-33-60-79(77(53,2)34-58(96)78(54,76)81,120-75(119-60)57-21-20-51(124-57)29-46-13-17-48(82)18-14-46)59(97)45-118-123(115,116)121-122(113,114)117-28-27-83-61(98)22-16-47-15-19-49(94-62(99)23-24-63(94)100)30-52(47)74(112)93(12)43-72(109)91(10)41-70(107)89(8)39-68(105)87(6)37-66(103)85(4)35-64(101)84(3)36-65(102)86(5)38-67(104)88(7)40-69(106)90(9)42-71(108)92(11)44-73(110)111/h13-15,17-21,23-26,30-31,53-54,56,58,60,75,96H,16,22,27-29,32-45,82H2,1-12H3,(H,83,98)(H,110,111)(H,113,114)(H,115,116)/p-1/t53-,54-,56-,58-,60+,75+,76-,77-,78-,79+/m0/s1. The number of Topliss-reactive ketones (excluding diaryl/α,β-unsaturated/α-hetero) is 1. The summed E-state index contributed by atoms with van der Waals surface area (Å²) in [6, 6.07) is 14.5. The maximum atomic E-state index is 18.3. The van der Waals surface area contributed by atoms with E-state index in [1.165, 1.54) is 120 Å². The van der Waals surface area contributed by atoms with E-state index in [1.54, 1.807) is 18.2 Å². The minimum Gasteiger partial charge on any atom is -0.756 e. The number of anilines is 2. The number of ether oxygens (including phenoxy) is 2. The molecule has 0 spiro atoms. The normalized spacial score (nSPS) is 23.7. The Balaban J connectivity index is 0.734. The number of nitrogens with zero attached hydrogens (tertiary/aromatic N) is 11. The number of aryl methyl sites for hydroxylation is 1. The van der Waals surface area contributed by atoms with E-state index < -0.39 is 273 Å². The molecule has 9 rings (SSSR count). The number of ketones is 2. The second-order valence-electron chi connectivity index (χ2n) is 32.0. The lowest BCUT2D eigenvalue weighted by Crippen LogP contribution is -2.70. The van der Waals surface area contributed by atoms with Crippen LogP contribution in [0.3, 0.4) is 0 Å². The fourth-order valence-electron chi connectivity index (χ4n) is 16.1. The number of nitrogens with two attached hydrogens (primary N) is 1. The number of allylic oxidation sites excluding steroid dienone is 4. The first-order valence-corrected chi connectivity index (χ1v) is 42.6. The number of thiophene rings is 1. The lowest BCUT2D eigenvalue weighted by molar-refractivity contribution is -0.236. The topological polar surface area (TPSA) is 511 Å². The summed E-state index contributed by atoms with van der Waals surface area (Å²) in [5.41, 5.74) is -1.27. The van der Waals surface area contributed by atoms with Crippen LogP contribution in [0.1, 0.15) is 77.1 Å². The Bertz CT molecular complexity index is 4940. The fourth-order valence-corrected chi connectivity index (χ4v) is 19.1. The Hall–Kier alpha value is -10.7. The molecule has 12 atom stereocenters. The minimum absolute atomic E-state index is 0.0766. The molecule has 1 saturated heterocycles. The van der Waals surface area contributed by atoms with Gasteiger partial charge in [-0.25, -0.2) is 22.6 Å². The van der Waals surface area contributed by atoms with Gasteiger partial charge in [0.15, 0.2) is 29.1 Å². The van der Waals surface area contributed by atoms with E-state index in [1.807, 2.05) is 18.2 Å². The van der Waals surface area contributed by atoms with Crippen LogP contribution in [-0.2, 0) is 117 Å². The van der Waals surface area contributed by atoms with Crippen molar-refractivity contribution in [3.63, 3.8) is 0 Å². The van der Waals surface area contributed by atoms with Gasteiger partial charge in [-0.15, -0.1) is 11.3 Å². The molecule has 6 aliphatic rings. The van der Waals surface area contributed by atoms with Crippen molar-refractivity contribution in [2.24, 2.45) is 22.7 Å². The van der Waals surface area contributed by atoms with E-state index in [2.05, 4.69) is 9.63 Å². The third-order valence-electron chi connectivity index (χ3n) is 23.2. The molecule has 4 fully saturated rings. The molecule has 0 bridgehead atoms. The molecule has 4 aliphatic carbocycles. The average molecular weight is 1800 g/mol. The summed E-state index contributed by atoms with van der Waals surface area (Å²) >= 11 is 1.27. The number of benzene rings is 2. The van der Waals surface area contributed by atoms with E-state index >= 15 is 13.6 Å². The number of nitrogen functional groups attached to an aromatic ring is 1. The van der Waals surface area contributed by atoms with Crippen molar-refractivity contribution >= 4 is 133 Å². The number of hydrogen-bond donors (Lipinski definition) is 5. The summed E-state index contributed by atoms with van der Waals surface area (Å²) in [4.78, 5) is 245. The van der Waals surface area contributed by atoms with Crippen LogP contribution in [0, 0.1) is 22.7 Å². The smallest absolute Gasteiger partial charge is 0.478 e. The molecule has 2 unspecified atom stereocenters. The van der Waals surface area contributed by atoms with E-state index in [0.29, 0.717) is 17.0 Å². The summed E-state index contributed by atoms with van der Waals surface area (Å²) in [5, 5.41) is 23.5. The number of alkyl halides is 2. The van der Waals surface area contributed by atoms with Gasteiger partial charge in [-0.3, -0.25) is 85.8 Å². The number of carboxylic acids is 1. The van der Waals surface area contributed by atoms with E-state index in [0.717, 1.165) is 88.6 Å². The lowest BCUT2D eigenvalue weighted by atomic mass is 9.44. The number of likely N-dealkylation sites (N-methyl/N-ethyl adjacent to an activating group) is 10. The maximum Gasteiger partial charge on any atom is 0.478 e. The van der Waals surface area contributed by atoms with Gasteiger partial charge in [0.2, 0.25) is 59.1 Å². The fraction of sp³-hybridized carbons (Fsp3) is 0.519. The van der Waals surface area contributed by atoms with Crippen LogP contribution in [-0.4, -0.2) is 344 Å². The first-order valence-electron chi connectivity index (χ1n) is 38.8. The Kier molecular flexibility index (Phi) is 30.7. The number of imide groups is 1. The number of carbonyl (C=O) groups is 16. The molecule has 124 heavy (non-hydrogen) atoms. The molecule has 0 radical (unpaired) electrons. The zero-order valence-corrected chi connectivity index (χ0v) is 72.8. The summed E-state index contributed by atoms with van der Waals surface area (Å²) in [6.45, 7) is -5.69. The number of aliphatic hydroxyl groups is 1. The monoisotopic (exact) mass is 1790 g/mol. The number of carboxylic acid groups (broad SMARTS) is 1. The Morgan fingerprint density at radius 2 is 1.12 bits per heavy atom. The number of aliphatic carboxylic acids is 1. The molecule has 3 heterocycles. The third-order valence-corrected chi connectivity index (χ3v) is 26.9. The summed E-state index contributed by atoms with van der Waals surface area (Å²) in [7, 11) is 0.759. The molecular formula is C79H100F2N13O27P2S-. The third kappa shape index (κ3) is 21.8. The number of amides is 13. The van der Waals surface area contributed by atoms with Crippen molar-refractivity contribution in [3.8, 4) is 0 Å². The van der Waals surface area contributed by atoms with Crippen LogP contribution in [0.5, 0.6) is 0 Å². The highest BCUT2D eigenvalue weighted by Gasteiger charge is 2.80. The second-order valence-corrected chi connectivity index (χ2v) is 36.2.